The molecule has 1 aromatic rings. The molecule has 0 spiro atoms. The van der Waals surface area contributed by atoms with Crippen LogP contribution in [0.3, 0.4) is 0 Å². The van der Waals surface area contributed by atoms with Gasteiger partial charge in [-0.2, -0.15) is 0 Å². The van der Waals surface area contributed by atoms with Gasteiger partial charge in [0, 0.05) is 25.4 Å². The Bertz CT molecular complexity index is 528. The summed E-state index contributed by atoms with van der Waals surface area (Å²) < 4.78 is 5.41. The van der Waals surface area contributed by atoms with Crippen LogP contribution in [0.4, 0.5) is 0 Å². The van der Waals surface area contributed by atoms with Gasteiger partial charge in [-0.3, -0.25) is 9.89 Å². The Morgan fingerprint density at radius 3 is 2.95 bits per heavy atom. The molecule has 1 saturated heterocycles. The van der Waals surface area contributed by atoms with Gasteiger partial charge in [-0.25, -0.2) is 0 Å². The SMILES string of the molecule is CC1(c2cccc(CN3CCOCC3)c2)CCSC(N)=N1. The van der Waals surface area contributed by atoms with Gasteiger partial charge in [-0.15, -0.1) is 0 Å². The van der Waals surface area contributed by atoms with Gasteiger partial charge in [0.05, 0.1) is 18.8 Å². The van der Waals surface area contributed by atoms with E-state index in [1.54, 1.807) is 11.8 Å². The lowest BCUT2D eigenvalue weighted by molar-refractivity contribution is 0.0342. The van der Waals surface area contributed by atoms with Crippen molar-refractivity contribution in [3.05, 3.63) is 35.4 Å². The molecule has 0 saturated carbocycles. The average Bonchev–Trinajstić information content (AvgIpc) is 2.48. The summed E-state index contributed by atoms with van der Waals surface area (Å²) in [4.78, 5) is 7.14. The summed E-state index contributed by atoms with van der Waals surface area (Å²) in [5.74, 6) is 1.04. The van der Waals surface area contributed by atoms with Gasteiger partial charge >= 0.3 is 0 Å². The third-order valence-electron chi connectivity index (χ3n) is 4.25. The number of nitrogens with zero attached hydrogens (tertiary/aromatic N) is 2. The van der Waals surface area contributed by atoms with Crippen LogP contribution in [0.5, 0.6) is 0 Å². The number of benzene rings is 1. The summed E-state index contributed by atoms with van der Waals surface area (Å²) in [6.07, 6.45) is 1.04. The Morgan fingerprint density at radius 2 is 2.19 bits per heavy atom. The highest BCUT2D eigenvalue weighted by molar-refractivity contribution is 8.13. The average molecular weight is 305 g/mol. The number of nitrogens with two attached hydrogens (primary N) is 1. The molecule has 0 aromatic heterocycles. The smallest absolute Gasteiger partial charge is 0.154 e. The van der Waals surface area contributed by atoms with Gasteiger partial charge < -0.3 is 10.5 Å². The van der Waals surface area contributed by atoms with Crippen molar-refractivity contribution in [2.75, 3.05) is 32.1 Å². The van der Waals surface area contributed by atoms with Gasteiger partial charge in [0.2, 0.25) is 0 Å². The Morgan fingerprint density at radius 1 is 1.38 bits per heavy atom. The molecule has 2 aliphatic rings. The van der Waals surface area contributed by atoms with Crippen LogP contribution in [0.2, 0.25) is 0 Å². The minimum Gasteiger partial charge on any atom is -0.379 e. The lowest BCUT2D eigenvalue weighted by Gasteiger charge is -2.31. The Hall–Kier alpha value is -1.04. The van der Waals surface area contributed by atoms with E-state index in [2.05, 4.69) is 36.1 Å². The van der Waals surface area contributed by atoms with Crippen LogP contribution in [-0.4, -0.2) is 42.1 Å². The molecule has 3 rings (SSSR count). The van der Waals surface area contributed by atoms with E-state index in [-0.39, 0.29) is 5.54 Å². The summed E-state index contributed by atoms with van der Waals surface area (Å²) >= 11 is 1.65. The fraction of sp³-hybridized carbons (Fsp3) is 0.562. The van der Waals surface area contributed by atoms with Crippen LogP contribution in [0.15, 0.2) is 29.3 Å². The number of ether oxygens (including phenoxy) is 1. The van der Waals surface area contributed by atoms with Crippen LogP contribution in [-0.2, 0) is 16.8 Å². The summed E-state index contributed by atoms with van der Waals surface area (Å²) in [6.45, 7) is 6.89. The second-order valence-corrected chi connectivity index (χ2v) is 7.03. The zero-order valence-corrected chi connectivity index (χ0v) is 13.4. The molecule has 1 atom stereocenters. The zero-order chi connectivity index (χ0) is 14.7. The summed E-state index contributed by atoms with van der Waals surface area (Å²) in [7, 11) is 0. The maximum atomic E-state index is 5.93. The predicted molar refractivity (Wildman–Crippen MR) is 88.6 cm³/mol. The number of amidine groups is 1. The first-order valence-electron chi connectivity index (χ1n) is 7.53. The first-order valence-corrected chi connectivity index (χ1v) is 8.52. The molecular formula is C16H23N3OS. The second-order valence-electron chi connectivity index (χ2n) is 5.91. The molecule has 1 fully saturated rings. The highest BCUT2D eigenvalue weighted by Gasteiger charge is 2.29. The van der Waals surface area contributed by atoms with Crippen molar-refractivity contribution in [2.24, 2.45) is 10.7 Å². The van der Waals surface area contributed by atoms with Gasteiger partial charge in [0.15, 0.2) is 5.17 Å². The van der Waals surface area contributed by atoms with Gasteiger partial charge in [-0.1, -0.05) is 36.0 Å². The molecule has 2 heterocycles. The summed E-state index contributed by atoms with van der Waals surface area (Å²) in [6, 6.07) is 8.81. The first-order chi connectivity index (χ1) is 10.2. The molecule has 0 aliphatic carbocycles. The molecule has 2 N–H and O–H groups in total. The number of hydrogen-bond donors (Lipinski definition) is 1. The van der Waals surface area contributed by atoms with Crippen LogP contribution < -0.4 is 5.73 Å². The van der Waals surface area contributed by atoms with E-state index in [9.17, 15) is 0 Å². The fourth-order valence-corrected chi connectivity index (χ4v) is 3.89. The molecule has 114 valence electrons. The van der Waals surface area contributed by atoms with Crippen molar-refractivity contribution in [1.29, 1.82) is 0 Å². The maximum absolute atomic E-state index is 5.93. The van der Waals surface area contributed by atoms with E-state index in [4.69, 9.17) is 15.5 Å². The van der Waals surface area contributed by atoms with Crippen LogP contribution in [0.25, 0.3) is 0 Å². The number of aliphatic imine (C=N–C) groups is 1. The molecule has 2 aliphatic heterocycles. The van der Waals surface area contributed by atoms with Gasteiger partial charge in [0.1, 0.15) is 0 Å². The molecule has 5 heteroatoms. The molecule has 0 radical (unpaired) electrons. The van der Waals surface area contributed by atoms with E-state index in [0.29, 0.717) is 5.17 Å². The van der Waals surface area contributed by atoms with Crippen molar-refractivity contribution in [3.63, 3.8) is 0 Å². The number of hydrogen-bond acceptors (Lipinski definition) is 5. The van der Waals surface area contributed by atoms with Crippen LogP contribution >= 0.6 is 11.8 Å². The standard InChI is InChI=1S/C16H23N3OS/c1-16(5-10-21-15(17)18-16)14-4-2-3-13(11-14)12-19-6-8-20-9-7-19/h2-4,11H,5-10,12H2,1H3,(H2,17,18). The Labute approximate surface area is 130 Å². The minimum absolute atomic E-state index is 0.170. The third kappa shape index (κ3) is 3.59. The highest BCUT2D eigenvalue weighted by atomic mass is 32.2. The lowest BCUT2D eigenvalue weighted by atomic mass is 9.89. The van der Waals surface area contributed by atoms with Crippen LogP contribution in [0.1, 0.15) is 24.5 Å². The molecule has 0 amide bonds. The lowest BCUT2D eigenvalue weighted by Crippen LogP contribution is -2.35. The van der Waals surface area contributed by atoms with E-state index >= 15 is 0 Å². The maximum Gasteiger partial charge on any atom is 0.154 e. The van der Waals surface area contributed by atoms with Crippen molar-refractivity contribution >= 4 is 16.9 Å². The third-order valence-corrected chi connectivity index (χ3v) is 5.05. The molecule has 1 aromatic carbocycles. The first kappa shape index (κ1) is 14.9. The van der Waals surface area contributed by atoms with E-state index in [1.807, 2.05) is 0 Å². The largest absolute Gasteiger partial charge is 0.379 e. The molecular weight excluding hydrogens is 282 g/mol. The second kappa shape index (κ2) is 6.38. The van der Waals surface area contributed by atoms with Gasteiger partial charge in [-0.05, 0) is 24.5 Å². The van der Waals surface area contributed by atoms with Crippen molar-refractivity contribution in [2.45, 2.75) is 25.4 Å². The highest BCUT2D eigenvalue weighted by Crippen LogP contribution is 2.35. The summed E-state index contributed by atoms with van der Waals surface area (Å²) in [5.41, 5.74) is 8.38. The van der Waals surface area contributed by atoms with Crippen molar-refractivity contribution in [1.82, 2.24) is 4.90 Å². The predicted octanol–water partition coefficient (Wildman–Crippen LogP) is 2.19. The van der Waals surface area contributed by atoms with Crippen molar-refractivity contribution in [3.8, 4) is 0 Å². The quantitative estimate of drug-likeness (QED) is 0.930. The number of morpholine rings is 1. The van der Waals surface area contributed by atoms with E-state index < -0.39 is 0 Å². The fourth-order valence-electron chi connectivity index (χ4n) is 2.92. The van der Waals surface area contributed by atoms with E-state index in [1.165, 1.54) is 11.1 Å². The number of rotatable bonds is 3. The van der Waals surface area contributed by atoms with Gasteiger partial charge in [0.25, 0.3) is 0 Å². The molecule has 21 heavy (non-hydrogen) atoms. The Kier molecular flexibility index (Phi) is 4.52. The van der Waals surface area contributed by atoms with Crippen LogP contribution in [0, 0.1) is 0 Å². The number of thioether (sulfide) groups is 1. The van der Waals surface area contributed by atoms with Crippen molar-refractivity contribution < 1.29 is 4.74 Å². The Balaban J connectivity index is 1.77. The molecule has 0 bridgehead atoms. The normalized spacial score (nSPS) is 27.4. The molecule has 1 unspecified atom stereocenters. The topological polar surface area (TPSA) is 50.9 Å². The zero-order valence-electron chi connectivity index (χ0n) is 12.5. The molecule has 4 nitrogen and oxygen atoms in total. The monoisotopic (exact) mass is 305 g/mol. The minimum atomic E-state index is -0.170. The summed E-state index contributed by atoms with van der Waals surface area (Å²) in [5, 5.41) is 0.710. The van der Waals surface area contributed by atoms with E-state index in [0.717, 1.165) is 45.0 Å².